The van der Waals surface area contributed by atoms with Crippen LogP contribution in [0.3, 0.4) is 0 Å². The molecule has 110 valence electrons. The van der Waals surface area contributed by atoms with Crippen molar-refractivity contribution in [3.8, 4) is 11.5 Å². The summed E-state index contributed by atoms with van der Waals surface area (Å²) < 4.78 is 5.95. The fraction of sp³-hybridized carbons (Fsp3) is 0.294. The Kier molecular flexibility index (Phi) is 3.98. The van der Waals surface area contributed by atoms with Crippen LogP contribution < -0.4 is 4.74 Å². The summed E-state index contributed by atoms with van der Waals surface area (Å²) >= 11 is 0. The summed E-state index contributed by atoms with van der Waals surface area (Å²) in [4.78, 5) is 15.7. The number of carboxylic acids is 1. The molecule has 4 heteroatoms. The molecule has 4 nitrogen and oxygen atoms in total. The van der Waals surface area contributed by atoms with Gasteiger partial charge in [-0.15, -0.1) is 0 Å². The lowest BCUT2D eigenvalue weighted by molar-refractivity contribution is 0.0692. The second-order valence-corrected chi connectivity index (χ2v) is 5.28. The van der Waals surface area contributed by atoms with Gasteiger partial charge in [-0.1, -0.05) is 12.1 Å². The third-order valence-corrected chi connectivity index (χ3v) is 3.59. The zero-order chi connectivity index (χ0) is 15.7. The van der Waals surface area contributed by atoms with Gasteiger partial charge in [-0.25, -0.2) is 4.79 Å². The van der Waals surface area contributed by atoms with Crippen molar-refractivity contribution in [2.24, 2.45) is 0 Å². The highest BCUT2D eigenvalue weighted by atomic mass is 16.5. The second-order valence-electron chi connectivity index (χ2n) is 5.28. The van der Waals surface area contributed by atoms with Gasteiger partial charge < -0.3 is 9.84 Å². The van der Waals surface area contributed by atoms with Crippen molar-refractivity contribution in [3.05, 3.63) is 51.8 Å². The molecule has 0 spiro atoms. The summed E-state index contributed by atoms with van der Waals surface area (Å²) in [6, 6.07) is 5.66. The summed E-state index contributed by atoms with van der Waals surface area (Å²) in [5, 5.41) is 9.39. The van der Waals surface area contributed by atoms with Crippen molar-refractivity contribution in [2.45, 2.75) is 34.6 Å². The first kappa shape index (κ1) is 15.0. The number of hydrogen-bond donors (Lipinski definition) is 1. The van der Waals surface area contributed by atoms with Crippen LogP contribution in [-0.2, 0) is 0 Å². The topological polar surface area (TPSA) is 59.4 Å². The second kappa shape index (κ2) is 5.56. The normalized spacial score (nSPS) is 10.5. The smallest absolute Gasteiger partial charge is 0.341 e. The fourth-order valence-electron chi connectivity index (χ4n) is 2.33. The Balaban J connectivity index is 2.60. The summed E-state index contributed by atoms with van der Waals surface area (Å²) in [5.74, 6) is 0.0183. The Morgan fingerprint density at radius 2 is 1.71 bits per heavy atom. The Morgan fingerprint density at radius 1 is 1.10 bits per heavy atom. The van der Waals surface area contributed by atoms with Crippen molar-refractivity contribution in [1.29, 1.82) is 0 Å². The molecular formula is C17H19NO3. The maximum atomic E-state index is 11.5. The average Bonchev–Trinajstić information content (AvgIpc) is 2.38. The standard InChI is InChI=1S/C17H19NO3/c1-9-6-7-10(2)16(12(9)4)21-14-8-11(3)18-13(5)15(14)17(19)20/h6-8H,1-5H3,(H,19,20). The van der Waals surface area contributed by atoms with Crippen LogP contribution in [0.5, 0.6) is 11.5 Å². The number of benzene rings is 1. The lowest BCUT2D eigenvalue weighted by Gasteiger charge is -2.16. The Morgan fingerprint density at radius 3 is 2.33 bits per heavy atom. The lowest BCUT2D eigenvalue weighted by Crippen LogP contribution is -2.07. The van der Waals surface area contributed by atoms with Gasteiger partial charge in [-0.3, -0.25) is 4.98 Å². The Hall–Kier alpha value is -2.36. The zero-order valence-electron chi connectivity index (χ0n) is 12.9. The zero-order valence-corrected chi connectivity index (χ0v) is 12.9. The van der Waals surface area contributed by atoms with Crippen molar-refractivity contribution in [2.75, 3.05) is 0 Å². The molecule has 1 aromatic carbocycles. The molecule has 1 aromatic heterocycles. The molecule has 2 rings (SSSR count). The van der Waals surface area contributed by atoms with Crippen molar-refractivity contribution < 1.29 is 14.6 Å². The molecule has 21 heavy (non-hydrogen) atoms. The number of rotatable bonds is 3. The summed E-state index contributed by atoms with van der Waals surface area (Å²) in [5.41, 5.74) is 4.40. The van der Waals surface area contributed by atoms with E-state index >= 15 is 0 Å². The van der Waals surface area contributed by atoms with Crippen molar-refractivity contribution in [1.82, 2.24) is 4.98 Å². The van der Waals surface area contributed by atoms with E-state index in [1.165, 1.54) is 0 Å². The first-order valence-electron chi connectivity index (χ1n) is 6.77. The molecule has 2 aromatic rings. The van der Waals surface area contributed by atoms with Gasteiger partial charge in [-0.2, -0.15) is 0 Å². The van der Waals surface area contributed by atoms with E-state index in [0.717, 1.165) is 22.4 Å². The van der Waals surface area contributed by atoms with E-state index in [4.69, 9.17) is 4.74 Å². The molecule has 0 aliphatic rings. The number of nitrogens with zero attached hydrogens (tertiary/aromatic N) is 1. The number of carboxylic acid groups (broad SMARTS) is 1. The van der Waals surface area contributed by atoms with E-state index in [9.17, 15) is 9.90 Å². The summed E-state index contributed by atoms with van der Waals surface area (Å²) in [6.45, 7) is 9.42. The van der Waals surface area contributed by atoms with Gasteiger partial charge in [0.05, 0.1) is 5.69 Å². The largest absolute Gasteiger partial charge is 0.477 e. The average molecular weight is 285 g/mol. The first-order valence-corrected chi connectivity index (χ1v) is 6.77. The van der Waals surface area contributed by atoms with E-state index in [0.29, 0.717) is 17.2 Å². The summed E-state index contributed by atoms with van der Waals surface area (Å²) in [7, 11) is 0. The fourth-order valence-corrected chi connectivity index (χ4v) is 2.33. The number of carbonyl (C=O) groups is 1. The van der Waals surface area contributed by atoms with Crippen LogP contribution in [0, 0.1) is 34.6 Å². The molecule has 0 fully saturated rings. The van der Waals surface area contributed by atoms with Gasteiger partial charge >= 0.3 is 5.97 Å². The van der Waals surface area contributed by atoms with Gasteiger partial charge in [-0.05, 0) is 51.3 Å². The molecule has 0 radical (unpaired) electrons. The van der Waals surface area contributed by atoms with Gasteiger partial charge in [0.15, 0.2) is 0 Å². The number of aromatic nitrogens is 1. The van der Waals surface area contributed by atoms with E-state index in [2.05, 4.69) is 4.98 Å². The van der Waals surface area contributed by atoms with Gasteiger partial charge in [0.1, 0.15) is 17.1 Å². The molecule has 1 heterocycles. The van der Waals surface area contributed by atoms with E-state index in [1.54, 1.807) is 13.0 Å². The van der Waals surface area contributed by atoms with Crippen LogP contribution in [0.1, 0.15) is 38.4 Å². The lowest BCUT2D eigenvalue weighted by atomic mass is 10.1. The molecule has 0 amide bonds. The molecule has 0 atom stereocenters. The molecule has 0 saturated carbocycles. The molecular weight excluding hydrogens is 266 g/mol. The highest BCUT2D eigenvalue weighted by molar-refractivity contribution is 5.92. The predicted molar refractivity (Wildman–Crippen MR) is 81.4 cm³/mol. The maximum absolute atomic E-state index is 11.5. The van der Waals surface area contributed by atoms with Gasteiger partial charge in [0.2, 0.25) is 0 Å². The number of ether oxygens (including phenoxy) is 1. The Bertz CT molecular complexity index is 720. The predicted octanol–water partition coefficient (Wildman–Crippen LogP) is 4.11. The molecule has 0 aliphatic heterocycles. The van der Waals surface area contributed by atoms with E-state index in [1.807, 2.05) is 39.8 Å². The van der Waals surface area contributed by atoms with Crippen LogP contribution in [0.25, 0.3) is 0 Å². The van der Waals surface area contributed by atoms with Crippen LogP contribution in [0.15, 0.2) is 18.2 Å². The van der Waals surface area contributed by atoms with Crippen LogP contribution in [0.4, 0.5) is 0 Å². The highest BCUT2D eigenvalue weighted by Gasteiger charge is 2.19. The minimum Gasteiger partial charge on any atom is -0.477 e. The van der Waals surface area contributed by atoms with Gasteiger partial charge in [0.25, 0.3) is 0 Å². The van der Waals surface area contributed by atoms with Crippen LogP contribution in [-0.4, -0.2) is 16.1 Å². The molecule has 0 unspecified atom stereocenters. The minimum atomic E-state index is -1.03. The van der Waals surface area contributed by atoms with E-state index in [-0.39, 0.29) is 5.56 Å². The van der Waals surface area contributed by atoms with Crippen molar-refractivity contribution >= 4 is 5.97 Å². The maximum Gasteiger partial charge on any atom is 0.341 e. The highest BCUT2D eigenvalue weighted by Crippen LogP contribution is 2.33. The van der Waals surface area contributed by atoms with Crippen molar-refractivity contribution in [3.63, 3.8) is 0 Å². The third-order valence-electron chi connectivity index (χ3n) is 3.59. The van der Waals surface area contributed by atoms with Crippen LogP contribution in [0.2, 0.25) is 0 Å². The molecule has 0 bridgehead atoms. The quantitative estimate of drug-likeness (QED) is 0.921. The third kappa shape index (κ3) is 2.89. The van der Waals surface area contributed by atoms with Crippen LogP contribution >= 0.6 is 0 Å². The number of aryl methyl sites for hydroxylation is 4. The monoisotopic (exact) mass is 285 g/mol. The Labute approximate surface area is 124 Å². The number of pyridine rings is 1. The molecule has 0 saturated heterocycles. The first-order chi connectivity index (χ1) is 9.81. The minimum absolute atomic E-state index is 0.112. The SMILES string of the molecule is Cc1cc(Oc2c(C)ccc(C)c2C)c(C(=O)O)c(C)n1. The number of hydrogen-bond acceptors (Lipinski definition) is 3. The molecule has 1 N–H and O–H groups in total. The summed E-state index contributed by atoms with van der Waals surface area (Å²) in [6.07, 6.45) is 0. The molecule has 0 aliphatic carbocycles. The van der Waals surface area contributed by atoms with E-state index < -0.39 is 5.97 Å². The number of aromatic carboxylic acids is 1. The van der Waals surface area contributed by atoms with Gasteiger partial charge in [0, 0.05) is 11.8 Å².